The second kappa shape index (κ2) is 4.45. The summed E-state index contributed by atoms with van der Waals surface area (Å²) in [6, 6.07) is 0.470. The van der Waals surface area contributed by atoms with Gasteiger partial charge in [-0.05, 0) is 12.8 Å². The molecule has 1 aromatic heterocycles. The van der Waals surface area contributed by atoms with Crippen molar-refractivity contribution in [1.82, 2.24) is 9.36 Å². The zero-order valence-corrected chi connectivity index (χ0v) is 10.1. The Labute approximate surface area is 94.7 Å². The summed E-state index contributed by atoms with van der Waals surface area (Å²) in [7, 11) is 0. The Balaban J connectivity index is 2.14. The van der Waals surface area contributed by atoms with Crippen molar-refractivity contribution in [1.29, 1.82) is 0 Å². The second-order valence-corrected chi connectivity index (χ2v) is 5.05. The fraction of sp³-hybridized carbons (Fsp3) is 0.800. The van der Waals surface area contributed by atoms with E-state index in [9.17, 15) is 0 Å². The predicted octanol–water partition coefficient (Wildman–Crippen LogP) is 1.59. The molecule has 2 heterocycles. The van der Waals surface area contributed by atoms with Crippen molar-refractivity contribution < 1.29 is 0 Å². The molecule has 0 bridgehead atoms. The molecule has 1 saturated heterocycles. The van der Waals surface area contributed by atoms with Crippen LogP contribution in [0.15, 0.2) is 0 Å². The van der Waals surface area contributed by atoms with Crippen LogP contribution in [0.4, 0.5) is 5.13 Å². The standard InChI is InChI=1S/C10H18N4S/c1-7(2)9-12-10(15-13-9)14-5-3-4-8(14)6-11/h7-8H,3-6,11H2,1-2H3. The molecule has 0 radical (unpaired) electrons. The Morgan fingerprint density at radius 2 is 2.40 bits per heavy atom. The van der Waals surface area contributed by atoms with Crippen molar-refractivity contribution in [3.8, 4) is 0 Å². The van der Waals surface area contributed by atoms with Gasteiger partial charge >= 0.3 is 0 Å². The molecule has 2 rings (SSSR count). The number of hydrogen-bond donors (Lipinski definition) is 1. The average molecular weight is 226 g/mol. The molecule has 0 saturated carbocycles. The summed E-state index contributed by atoms with van der Waals surface area (Å²) < 4.78 is 4.38. The number of hydrogen-bond acceptors (Lipinski definition) is 5. The third-order valence-electron chi connectivity index (χ3n) is 2.84. The highest BCUT2D eigenvalue weighted by atomic mass is 32.1. The van der Waals surface area contributed by atoms with Gasteiger partial charge in [0.25, 0.3) is 0 Å². The van der Waals surface area contributed by atoms with Gasteiger partial charge in [-0.15, -0.1) is 0 Å². The number of aromatic nitrogens is 2. The number of nitrogens with two attached hydrogens (primary N) is 1. The second-order valence-electron chi connectivity index (χ2n) is 4.31. The highest BCUT2D eigenvalue weighted by Gasteiger charge is 2.26. The molecule has 1 aromatic rings. The van der Waals surface area contributed by atoms with Crippen molar-refractivity contribution >= 4 is 16.7 Å². The average Bonchev–Trinajstić information content (AvgIpc) is 2.85. The molecule has 84 valence electrons. The molecular formula is C10H18N4S. The van der Waals surface area contributed by atoms with E-state index in [2.05, 4.69) is 28.1 Å². The fourth-order valence-electron chi connectivity index (χ4n) is 1.91. The van der Waals surface area contributed by atoms with Crippen LogP contribution in [-0.4, -0.2) is 28.5 Å². The van der Waals surface area contributed by atoms with Gasteiger partial charge in [0.15, 0.2) is 0 Å². The van der Waals surface area contributed by atoms with Crippen molar-refractivity contribution in [3.05, 3.63) is 5.82 Å². The molecule has 4 nitrogen and oxygen atoms in total. The van der Waals surface area contributed by atoms with Crippen LogP contribution in [0, 0.1) is 0 Å². The van der Waals surface area contributed by atoms with Gasteiger partial charge in [0.1, 0.15) is 5.82 Å². The lowest BCUT2D eigenvalue weighted by Gasteiger charge is -2.21. The predicted molar refractivity (Wildman–Crippen MR) is 63.4 cm³/mol. The van der Waals surface area contributed by atoms with E-state index in [-0.39, 0.29) is 0 Å². The van der Waals surface area contributed by atoms with E-state index in [0.717, 1.165) is 24.0 Å². The lowest BCUT2D eigenvalue weighted by Crippen LogP contribution is -2.35. The largest absolute Gasteiger partial charge is 0.343 e. The smallest absolute Gasteiger partial charge is 0.205 e. The van der Waals surface area contributed by atoms with E-state index in [1.54, 1.807) is 0 Å². The van der Waals surface area contributed by atoms with E-state index in [0.29, 0.717) is 12.0 Å². The topological polar surface area (TPSA) is 55.0 Å². The van der Waals surface area contributed by atoms with Gasteiger partial charge in [-0.3, -0.25) is 0 Å². The first-order chi connectivity index (χ1) is 7.22. The van der Waals surface area contributed by atoms with Gasteiger partial charge in [-0.25, -0.2) is 4.98 Å². The van der Waals surface area contributed by atoms with E-state index >= 15 is 0 Å². The van der Waals surface area contributed by atoms with Crippen molar-refractivity contribution in [3.63, 3.8) is 0 Å². The van der Waals surface area contributed by atoms with E-state index in [4.69, 9.17) is 5.73 Å². The summed E-state index contributed by atoms with van der Waals surface area (Å²) >= 11 is 1.50. The van der Waals surface area contributed by atoms with Crippen LogP contribution in [0.3, 0.4) is 0 Å². The quantitative estimate of drug-likeness (QED) is 0.850. The summed E-state index contributed by atoms with van der Waals surface area (Å²) in [6.07, 6.45) is 2.41. The molecule has 1 aliphatic rings. The number of rotatable bonds is 3. The van der Waals surface area contributed by atoms with Crippen LogP contribution in [0.2, 0.25) is 0 Å². The van der Waals surface area contributed by atoms with Gasteiger partial charge in [0.05, 0.1) is 0 Å². The molecule has 1 aliphatic heterocycles. The van der Waals surface area contributed by atoms with Gasteiger partial charge in [-0.2, -0.15) is 4.37 Å². The zero-order valence-electron chi connectivity index (χ0n) is 9.31. The minimum Gasteiger partial charge on any atom is -0.343 e. The highest BCUT2D eigenvalue weighted by Crippen LogP contribution is 2.27. The molecule has 1 atom stereocenters. The number of anilines is 1. The first-order valence-corrected chi connectivity index (χ1v) is 6.30. The summed E-state index contributed by atoms with van der Waals surface area (Å²) in [4.78, 5) is 6.88. The van der Waals surface area contributed by atoms with Crippen molar-refractivity contribution in [2.24, 2.45) is 5.73 Å². The van der Waals surface area contributed by atoms with Crippen LogP contribution < -0.4 is 10.6 Å². The van der Waals surface area contributed by atoms with Gasteiger partial charge in [0, 0.05) is 36.6 Å². The molecule has 15 heavy (non-hydrogen) atoms. The Hall–Kier alpha value is -0.680. The fourth-order valence-corrected chi connectivity index (χ4v) is 2.82. The SMILES string of the molecule is CC(C)c1nsc(N2CCCC2CN)n1. The summed E-state index contributed by atoms with van der Waals surface area (Å²) in [5.74, 6) is 1.37. The van der Waals surface area contributed by atoms with Crippen LogP contribution >= 0.6 is 11.5 Å². The molecular weight excluding hydrogens is 208 g/mol. The van der Waals surface area contributed by atoms with Crippen LogP contribution in [-0.2, 0) is 0 Å². The highest BCUT2D eigenvalue weighted by molar-refractivity contribution is 7.09. The minimum absolute atomic E-state index is 0.411. The lowest BCUT2D eigenvalue weighted by molar-refractivity contribution is 0.673. The minimum atomic E-state index is 0.411. The monoisotopic (exact) mass is 226 g/mol. The summed E-state index contributed by atoms with van der Waals surface area (Å²) in [6.45, 7) is 6.04. The summed E-state index contributed by atoms with van der Waals surface area (Å²) in [5.41, 5.74) is 5.74. The Bertz CT molecular complexity index is 323. The Morgan fingerprint density at radius 1 is 1.60 bits per heavy atom. The first kappa shape index (κ1) is 10.8. The number of nitrogens with zero attached hydrogens (tertiary/aromatic N) is 3. The van der Waals surface area contributed by atoms with E-state index < -0.39 is 0 Å². The Kier molecular flexibility index (Phi) is 3.21. The molecule has 0 aromatic carbocycles. The molecule has 1 fully saturated rings. The summed E-state index contributed by atoms with van der Waals surface area (Å²) in [5, 5.41) is 1.05. The van der Waals surface area contributed by atoms with E-state index in [1.807, 2.05) is 0 Å². The third-order valence-corrected chi connectivity index (χ3v) is 3.61. The molecule has 0 aliphatic carbocycles. The Morgan fingerprint density at radius 3 is 3.00 bits per heavy atom. The lowest BCUT2D eigenvalue weighted by atomic mass is 10.2. The molecule has 2 N–H and O–H groups in total. The molecule has 0 spiro atoms. The van der Waals surface area contributed by atoms with Gasteiger partial charge in [0.2, 0.25) is 5.13 Å². The van der Waals surface area contributed by atoms with Gasteiger partial charge in [-0.1, -0.05) is 13.8 Å². The maximum atomic E-state index is 5.74. The van der Waals surface area contributed by atoms with Gasteiger partial charge < -0.3 is 10.6 Å². The van der Waals surface area contributed by atoms with Crippen LogP contribution in [0.25, 0.3) is 0 Å². The maximum Gasteiger partial charge on any atom is 0.205 e. The van der Waals surface area contributed by atoms with E-state index in [1.165, 1.54) is 24.4 Å². The van der Waals surface area contributed by atoms with Crippen molar-refractivity contribution in [2.75, 3.05) is 18.0 Å². The molecule has 1 unspecified atom stereocenters. The van der Waals surface area contributed by atoms with Crippen molar-refractivity contribution in [2.45, 2.75) is 38.6 Å². The van der Waals surface area contributed by atoms with Crippen LogP contribution in [0.1, 0.15) is 38.4 Å². The third kappa shape index (κ3) is 2.13. The van der Waals surface area contributed by atoms with Crippen LogP contribution in [0.5, 0.6) is 0 Å². The zero-order chi connectivity index (χ0) is 10.8. The molecule has 5 heteroatoms. The normalized spacial score (nSPS) is 21.6. The molecule has 0 amide bonds. The first-order valence-electron chi connectivity index (χ1n) is 5.52. The maximum absolute atomic E-state index is 5.74.